The van der Waals surface area contributed by atoms with E-state index in [2.05, 4.69) is 10.6 Å². The molecule has 4 aromatic carbocycles. The molecule has 0 radical (unpaired) electrons. The van der Waals surface area contributed by atoms with Crippen molar-refractivity contribution in [3.8, 4) is 0 Å². The molecule has 0 bridgehead atoms. The standard InChI is InChI=1S/C31H24Cl2N4O3/c1-19-9-5-6-12-24(19)27(38)18-37-26-14-8-7-13-25(26)28(20-10-3-2-4-11-20)35-29(30(37)39)36-31(40)34-23-16-21(32)15-22(33)17-23/h2-17,29H,18H2,1H3,(H2,34,36,40)/t29-/m0/s1. The quantitative estimate of drug-likeness (QED) is 0.258. The van der Waals surface area contributed by atoms with Gasteiger partial charge in [0.1, 0.15) is 0 Å². The summed E-state index contributed by atoms with van der Waals surface area (Å²) in [6.45, 7) is 1.61. The number of Topliss-reactive ketones (excluding diaryl/α,β-unsaturated/α-hetero) is 1. The molecular formula is C31H24Cl2N4O3. The van der Waals surface area contributed by atoms with Gasteiger partial charge in [-0.25, -0.2) is 9.79 Å². The molecule has 4 aromatic rings. The second kappa shape index (κ2) is 11.7. The number of carbonyl (C=O) groups excluding carboxylic acids is 3. The van der Waals surface area contributed by atoms with Crippen LogP contribution in [-0.2, 0) is 4.79 Å². The molecule has 1 aliphatic heterocycles. The normalized spacial score (nSPS) is 14.6. The first-order valence-electron chi connectivity index (χ1n) is 12.5. The van der Waals surface area contributed by atoms with E-state index in [1.807, 2.05) is 61.5 Å². The number of benzodiazepines with no additional fused rings is 1. The molecular weight excluding hydrogens is 547 g/mol. The van der Waals surface area contributed by atoms with Crippen LogP contribution in [0.1, 0.15) is 27.0 Å². The van der Waals surface area contributed by atoms with Crippen molar-refractivity contribution in [1.29, 1.82) is 0 Å². The minimum atomic E-state index is -1.33. The summed E-state index contributed by atoms with van der Waals surface area (Å²) in [6, 6.07) is 27.7. The van der Waals surface area contributed by atoms with Gasteiger partial charge in [-0.15, -0.1) is 0 Å². The average molecular weight is 571 g/mol. The molecule has 1 atom stereocenters. The summed E-state index contributed by atoms with van der Waals surface area (Å²) in [5.41, 5.74) is 4.10. The molecule has 0 spiro atoms. The monoisotopic (exact) mass is 570 g/mol. The Morgan fingerprint density at radius 3 is 2.25 bits per heavy atom. The lowest BCUT2D eigenvalue weighted by Crippen LogP contribution is -2.50. The Morgan fingerprint density at radius 1 is 0.875 bits per heavy atom. The van der Waals surface area contributed by atoms with Crippen molar-refractivity contribution >= 4 is 58.0 Å². The highest BCUT2D eigenvalue weighted by molar-refractivity contribution is 6.35. The molecule has 0 aliphatic carbocycles. The number of para-hydroxylation sites is 1. The fourth-order valence-electron chi connectivity index (χ4n) is 4.54. The van der Waals surface area contributed by atoms with Crippen LogP contribution in [0.15, 0.2) is 102 Å². The summed E-state index contributed by atoms with van der Waals surface area (Å²) in [5.74, 6) is -0.791. The second-order valence-corrected chi connectivity index (χ2v) is 10.1. The van der Waals surface area contributed by atoms with E-state index in [1.165, 1.54) is 23.1 Å². The van der Waals surface area contributed by atoms with Gasteiger partial charge in [-0.3, -0.25) is 9.59 Å². The van der Waals surface area contributed by atoms with Crippen molar-refractivity contribution in [2.75, 3.05) is 16.8 Å². The largest absolute Gasteiger partial charge is 0.321 e. The third-order valence-corrected chi connectivity index (χ3v) is 6.83. The van der Waals surface area contributed by atoms with Gasteiger partial charge in [-0.2, -0.15) is 0 Å². The van der Waals surface area contributed by atoms with Crippen LogP contribution in [0.3, 0.4) is 0 Å². The van der Waals surface area contributed by atoms with Crippen LogP contribution in [0, 0.1) is 6.92 Å². The minimum absolute atomic E-state index is 0.234. The van der Waals surface area contributed by atoms with Crippen molar-refractivity contribution in [2.24, 2.45) is 4.99 Å². The highest BCUT2D eigenvalue weighted by Crippen LogP contribution is 2.29. The molecule has 7 nitrogen and oxygen atoms in total. The SMILES string of the molecule is Cc1ccccc1C(=O)CN1C(=O)[C@H](NC(=O)Nc2cc(Cl)cc(Cl)c2)N=C(c2ccccc2)c2ccccc21. The summed E-state index contributed by atoms with van der Waals surface area (Å²) in [5, 5.41) is 5.99. The Labute approximate surface area is 241 Å². The van der Waals surface area contributed by atoms with Gasteiger partial charge in [-0.05, 0) is 36.8 Å². The molecule has 3 amide bonds. The predicted molar refractivity (Wildman–Crippen MR) is 159 cm³/mol. The zero-order chi connectivity index (χ0) is 28.2. The van der Waals surface area contributed by atoms with E-state index >= 15 is 0 Å². The molecule has 0 aromatic heterocycles. The van der Waals surface area contributed by atoms with E-state index in [0.29, 0.717) is 38.3 Å². The number of hydrogen-bond acceptors (Lipinski definition) is 4. The average Bonchev–Trinajstić information content (AvgIpc) is 3.04. The number of aryl methyl sites for hydroxylation is 1. The van der Waals surface area contributed by atoms with Gasteiger partial charge in [0.25, 0.3) is 5.91 Å². The molecule has 5 rings (SSSR count). The number of hydrogen-bond donors (Lipinski definition) is 2. The molecule has 0 unspecified atom stereocenters. The fraction of sp³-hybridized carbons (Fsp3) is 0.0968. The smallest absolute Gasteiger partial charge is 0.308 e. The van der Waals surface area contributed by atoms with Gasteiger partial charge in [0.05, 0.1) is 17.9 Å². The van der Waals surface area contributed by atoms with Crippen molar-refractivity contribution < 1.29 is 14.4 Å². The van der Waals surface area contributed by atoms with Crippen LogP contribution < -0.4 is 15.5 Å². The molecule has 40 heavy (non-hydrogen) atoms. The maximum absolute atomic E-state index is 14.0. The highest BCUT2D eigenvalue weighted by atomic mass is 35.5. The van der Waals surface area contributed by atoms with Crippen LogP contribution >= 0.6 is 23.2 Å². The van der Waals surface area contributed by atoms with E-state index in [0.717, 1.165) is 11.1 Å². The highest BCUT2D eigenvalue weighted by Gasteiger charge is 2.34. The fourth-order valence-corrected chi connectivity index (χ4v) is 5.07. The molecule has 1 aliphatic rings. The van der Waals surface area contributed by atoms with Gasteiger partial charge in [0.2, 0.25) is 6.17 Å². The van der Waals surface area contributed by atoms with Gasteiger partial charge >= 0.3 is 6.03 Å². The van der Waals surface area contributed by atoms with Gasteiger partial charge < -0.3 is 15.5 Å². The van der Waals surface area contributed by atoms with Gasteiger partial charge in [0, 0.05) is 32.4 Å². The van der Waals surface area contributed by atoms with Crippen molar-refractivity contribution in [3.05, 3.63) is 129 Å². The van der Waals surface area contributed by atoms with Crippen LogP contribution in [0.2, 0.25) is 10.0 Å². The first kappa shape index (κ1) is 27.1. The van der Waals surface area contributed by atoms with E-state index in [-0.39, 0.29) is 12.3 Å². The lowest BCUT2D eigenvalue weighted by molar-refractivity contribution is -0.120. The number of ketones is 1. The summed E-state index contributed by atoms with van der Waals surface area (Å²) >= 11 is 12.1. The molecule has 200 valence electrons. The van der Waals surface area contributed by atoms with E-state index in [4.69, 9.17) is 28.2 Å². The number of aliphatic imine (C=N–C) groups is 1. The van der Waals surface area contributed by atoms with Crippen LogP contribution in [0.4, 0.5) is 16.2 Å². The molecule has 0 fully saturated rings. The van der Waals surface area contributed by atoms with Gasteiger partial charge in [0.15, 0.2) is 5.78 Å². The first-order valence-corrected chi connectivity index (χ1v) is 13.2. The van der Waals surface area contributed by atoms with E-state index < -0.39 is 18.1 Å². The second-order valence-electron chi connectivity index (χ2n) is 9.18. The maximum atomic E-state index is 14.0. The molecule has 0 saturated carbocycles. The van der Waals surface area contributed by atoms with Crippen molar-refractivity contribution in [1.82, 2.24) is 5.32 Å². The van der Waals surface area contributed by atoms with Crippen molar-refractivity contribution in [3.63, 3.8) is 0 Å². The lowest BCUT2D eigenvalue weighted by atomic mass is 9.99. The van der Waals surface area contributed by atoms with Gasteiger partial charge in [-0.1, -0.05) is 96.0 Å². The number of nitrogens with zero attached hydrogens (tertiary/aromatic N) is 2. The Kier molecular flexibility index (Phi) is 7.96. The topological polar surface area (TPSA) is 90.9 Å². The molecule has 1 heterocycles. The van der Waals surface area contributed by atoms with Crippen molar-refractivity contribution in [2.45, 2.75) is 13.1 Å². The molecule has 0 saturated heterocycles. The molecule has 2 N–H and O–H groups in total. The number of rotatable bonds is 6. The Balaban J connectivity index is 1.54. The Bertz CT molecular complexity index is 1620. The number of urea groups is 1. The number of halogens is 2. The Hall–Kier alpha value is -4.46. The lowest BCUT2D eigenvalue weighted by Gasteiger charge is -2.25. The predicted octanol–water partition coefficient (Wildman–Crippen LogP) is 6.52. The van der Waals surface area contributed by atoms with E-state index in [9.17, 15) is 14.4 Å². The number of fused-ring (bicyclic) bond motifs is 1. The summed E-state index contributed by atoms with van der Waals surface area (Å²) < 4.78 is 0. The van der Waals surface area contributed by atoms with Crippen LogP contribution in [0.5, 0.6) is 0 Å². The minimum Gasteiger partial charge on any atom is -0.308 e. The Morgan fingerprint density at radius 2 is 1.52 bits per heavy atom. The zero-order valence-electron chi connectivity index (χ0n) is 21.4. The number of anilines is 2. The third-order valence-electron chi connectivity index (χ3n) is 6.39. The third kappa shape index (κ3) is 5.91. The van der Waals surface area contributed by atoms with Crippen LogP contribution in [0.25, 0.3) is 0 Å². The summed E-state index contributed by atoms with van der Waals surface area (Å²) in [7, 11) is 0. The van der Waals surface area contributed by atoms with Crippen LogP contribution in [-0.4, -0.2) is 36.1 Å². The number of amides is 3. The number of benzene rings is 4. The maximum Gasteiger partial charge on any atom is 0.321 e. The molecule has 9 heteroatoms. The summed E-state index contributed by atoms with van der Waals surface area (Å²) in [4.78, 5) is 46.6. The zero-order valence-corrected chi connectivity index (χ0v) is 22.9. The van der Waals surface area contributed by atoms with E-state index in [1.54, 1.807) is 24.3 Å². The summed E-state index contributed by atoms with van der Waals surface area (Å²) in [6.07, 6.45) is -1.33. The number of carbonyl (C=O) groups is 3. The first-order chi connectivity index (χ1) is 19.3. The number of nitrogens with one attached hydrogen (secondary N) is 2.